The van der Waals surface area contributed by atoms with Crippen LogP contribution in [0, 0.1) is 19.3 Å². The van der Waals surface area contributed by atoms with Crippen molar-refractivity contribution in [1.29, 1.82) is 0 Å². The van der Waals surface area contributed by atoms with E-state index in [-0.39, 0.29) is 35.1 Å². The molecule has 0 amide bonds. The lowest BCUT2D eigenvalue weighted by atomic mass is 9.76. The molecule has 1 spiro atoms. The SMILES string of the molecule is Cc1ccn(-c2cc(-c3ccc(CO)c(C)c3)ccc2[C@@H](Oc2cc(N3CCC4(CC3)CNC(C(=O)O)C4)nc(N)n2)C(F)(F)F)n1. The zero-order valence-corrected chi connectivity index (χ0v) is 26.0. The molecule has 2 aliphatic heterocycles. The van der Waals surface area contributed by atoms with Crippen molar-refractivity contribution in [3.8, 4) is 22.7 Å². The van der Waals surface area contributed by atoms with Gasteiger partial charge in [0.05, 0.1) is 18.0 Å². The maximum Gasteiger partial charge on any atom is 0.429 e. The van der Waals surface area contributed by atoms with Crippen LogP contribution in [0.15, 0.2) is 54.7 Å². The average molecular weight is 652 g/mol. The molecule has 1 unspecified atom stereocenters. The van der Waals surface area contributed by atoms with Crippen LogP contribution < -0.4 is 20.7 Å². The Bertz CT molecular complexity index is 1790. The smallest absolute Gasteiger partial charge is 0.429 e. The monoisotopic (exact) mass is 651 g/mol. The number of halogens is 3. The number of anilines is 2. The number of hydrogen-bond donors (Lipinski definition) is 4. The molecule has 2 aromatic heterocycles. The zero-order chi connectivity index (χ0) is 33.5. The predicted molar refractivity (Wildman–Crippen MR) is 168 cm³/mol. The quantitative estimate of drug-likeness (QED) is 0.210. The standard InChI is InChI=1S/C33H36F3N7O4/c1-19-13-21(3-4-23(19)17-44)22-5-6-24(26(14-22)43-10-7-20(2)41-43)29(33(34,35)36)47-28-15-27(39-31(37)40-28)42-11-8-32(9-12-42)16-25(30(45)46)38-18-32/h3-7,10,13-15,25,29,38,44H,8-9,11-12,16-18H2,1-2H3,(H,45,46)(H2,37,39,40)/t25?,29-/m1/s1. The van der Waals surface area contributed by atoms with Gasteiger partial charge in [0.2, 0.25) is 17.9 Å². The molecule has 2 fully saturated rings. The van der Waals surface area contributed by atoms with Crippen LogP contribution in [0.5, 0.6) is 5.88 Å². The van der Waals surface area contributed by atoms with Crippen molar-refractivity contribution in [2.75, 3.05) is 30.3 Å². The van der Waals surface area contributed by atoms with Gasteiger partial charge in [-0.05, 0) is 72.9 Å². The number of aliphatic hydroxyl groups excluding tert-OH is 1. The van der Waals surface area contributed by atoms with Crippen LogP contribution in [0.3, 0.4) is 0 Å². The molecule has 248 valence electrons. The molecule has 5 N–H and O–H groups in total. The second kappa shape index (κ2) is 12.5. The minimum atomic E-state index is -4.84. The number of carboxylic acid groups (broad SMARTS) is 1. The first-order valence-corrected chi connectivity index (χ1v) is 15.3. The van der Waals surface area contributed by atoms with Gasteiger partial charge in [-0.25, -0.2) is 4.68 Å². The van der Waals surface area contributed by atoms with Crippen LogP contribution in [0.4, 0.5) is 24.9 Å². The summed E-state index contributed by atoms with van der Waals surface area (Å²) in [7, 11) is 0. The number of benzene rings is 2. The number of alkyl halides is 3. The van der Waals surface area contributed by atoms with E-state index in [4.69, 9.17) is 10.5 Å². The van der Waals surface area contributed by atoms with E-state index in [2.05, 4.69) is 20.4 Å². The zero-order valence-electron chi connectivity index (χ0n) is 26.0. The number of carbonyl (C=O) groups is 1. The lowest BCUT2D eigenvalue weighted by molar-refractivity contribution is -0.198. The number of carboxylic acids is 1. The second-order valence-electron chi connectivity index (χ2n) is 12.4. The van der Waals surface area contributed by atoms with Gasteiger partial charge >= 0.3 is 12.1 Å². The number of aryl methyl sites for hydroxylation is 2. The molecule has 11 nitrogen and oxygen atoms in total. The van der Waals surface area contributed by atoms with Gasteiger partial charge < -0.3 is 30.9 Å². The third-order valence-electron chi connectivity index (χ3n) is 9.18. The van der Waals surface area contributed by atoms with Crippen LogP contribution >= 0.6 is 0 Å². The summed E-state index contributed by atoms with van der Waals surface area (Å²) < 4.78 is 51.6. The molecule has 2 saturated heterocycles. The van der Waals surface area contributed by atoms with Crippen molar-refractivity contribution in [2.24, 2.45) is 5.41 Å². The first-order chi connectivity index (χ1) is 22.3. The van der Waals surface area contributed by atoms with Crippen molar-refractivity contribution in [1.82, 2.24) is 25.1 Å². The molecule has 0 saturated carbocycles. The average Bonchev–Trinajstić information content (AvgIpc) is 3.66. The number of rotatable bonds is 8. The Hall–Kier alpha value is -4.69. The summed E-state index contributed by atoms with van der Waals surface area (Å²) >= 11 is 0. The number of aromatic nitrogens is 4. The Labute approximate surface area is 269 Å². The van der Waals surface area contributed by atoms with E-state index in [1.54, 1.807) is 37.4 Å². The van der Waals surface area contributed by atoms with Crippen molar-refractivity contribution in [3.63, 3.8) is 0 Å². The summed E-state index contributed by atoms with van der Waals surface area (Å²) in [6, 6.07) is 12.5. The summed E-state index contributed by atoms with van der Waals surface area (Å²) in [6.07, 6.45) is -3.76. The lowest BCUT2D eigenvalue weighted by Gasteiger charge is -2.39. The minimum absolute atomic E-state index is 0.119. The van der Waals surface area contributed by atoms with Crippen molar-refractivity contribution >= 4 is 17.7 Å². The minimum Gasteiger partial charge on any atom is -0.480 e. The Kier molecular flexibility index (Phi) is 8.57. The van der Waals surface area contributed by atoms with E-state index in [1.165, 1.54) is 16.8 Å². The number of nitrogen functional groups attached to an aromatic ring is 1. The highest BCUT2D eigenvalue weighted by Crippen LogP contribution is 2.43. The van der Waals surface area contributed by atoms with Crippen LogP contribution in [-0.4, -0.2) is 67.8 Å². The Balaban J connectivity index is 1.31. The Morgan fingerprint density at radius 1 is 1.11 bits per heavy atom. The summed E-state index contributed by atoms with van der Waals surface area (Å²) in [5, 5.41) is 26.4. The van der Waals surface area contributed by atoms with Gasteiger partial charge in [0.25, 0.3) is 0 Å². The number of nitrogens with two attached hydrogens (primary N) is 1. The van der Waals surface area contributed by atoms with Crippen LogP contribution in [-0.2, 0) is 11.4 Å². The maximum absolute atomic E-state index is 14.9. The molecular weight excluding hydrogens is 615 g/mol. The number of aliphatic carboxylic acids is 1. The Morgan fingerprint density at radius 3 is 2.45 bits per heavy atom. The lowest BCUT2D eigenvalue weighted by Crippen LogP contribution is -2.41. The summed E-state index contributed by atoms with van der Waals surface area (Å²) in [5.74, 6) is -1.09. The van der Waals surface area contributed by atoms with Gasteiger partial charge in [0.1, 0.15) is 11.9 Å². The van der Waals surface area contributed by atoms with E-state index in [1.807, 2.05) is 24.0 Å². The fourth-order valence-electron chi connectivity index (χ4n) is 6.51. The molecule has 0 bridgehead atoms. The molecule has 0 radical (unpaired) electrons. The highest BCUT2D eigenvalue weighted by molar-refractivity contribution is 5.74. The van der Waals surface area contributed by atoms with Crippen molar-refractivity contribution in [3.05, 3.63) is 77.1 Å². The number of ether oxygens (including phenoxy) is 1. The summed E-state index contributed by atoms with van der Waals surface area (Å²) in [4.78, 5) is 21.7. The summed E-state index contributed by atoms with van der Waals surface area (Å²) in [5.41, 5.74) is 9.49. The first-order valence-electron chi connectivity index (χ1n) is 15.3. The topological polar surface area (TPSA) is 152 Å². The van der Waals surface area contributed by atoms with E-state index < -0.39 is 24.3 Å². The van der Waals surface area contributed by atoms with E-state index >= 15 is 0 Å². The maximum atomic E-state index is 14.9. The first kappa shape index (κ1) is 32.3. The normalized spacial score (nSPS) is 18.4. The number of nitrogens with zero attached hydrogens (tertiary/aromatic N) is 5. The van der Waals surface area contributed by atoms with Crippen LogP contribution in [0.1, 0.15) is 47.8 Å². The number of piperidine rings is 1. The number of hydrogen-bond acceptors (Lipinski definition) is 9. The van der Waals surface area contributed by atoms with Gasteiger partial charge in [-0.3, -0.25) is 4.79 Å². The van der Waals surface area contributed by atoms with Crippen molar-refractivity contribution < 1.29 is 32.9 Å². The van der Waals surface area contributed by atoms with Gasteiger partial charge in [0, 0.05) is 37.5 Å². The van der Waals surface area contributed by atoms with Gasteiger partial charge in [-0.1, -0.05) is 30.3 Å². The third kappa shape index (κ3) is 6.74. The molecule has 2 aliphatic rings. The molecule has 14 heteroatoms. The fourth-order valence-corrected chi connectivity index (χ4v) is 6.51. The summed E-state index contributed by atoms with van der Waals surface area (Å²) in [6.45, 7) is 5.13. The molecule has 2 atom stereocenters. The van der Waals surface area contributed by atoms with Crippen molar-refractivity contribution in [2.45, 2.75) is 58.0 Å². The number of aliphatic hydroxyl groups is 1. The van der Waals surface area contributed by atoms with E-state index in [0.29, 0.717) is 56.0 Å². The number of nitrogens with one attached hydrogen (secondary N) is 1. The molecule has 2 aromatic carbocycles. The molecular formula is C33H36F3N7O4. The van der Waals surface area contributed by atoms with Gasteiger partial charge in [0.15, 0.2) is 0 Å². The van der Waals surface area contributed by atoms with Gasteiger partial charge in [-0.15, -0.1) is 0 Å². The van der Waals surface area contributed by atoms with Gasteiger partial charge in [-0.2, -0.15) is 28.2 Å². The molecule has 0 aliphatic carbocycles. The largest absolute Gasteiger partial charge is 0.480 e. The molecule has 47 heavy (non-hydrogen) atoms. The second-order valence-corrected chi connectivity index (χ2v) is 12.4. The molecule has 4 aromatic rings. The molecule has 6 rings (SSSR count). The molecule has 4 heterocycles. The highest BCUT2D eigenvalue weighted by Gasteiger charge is 2.46. The highest BCUT2D eigenvalue weighted by atomic mass is 19.4. The Morgan fingerprint density at radius 2 is 1.83 bits per heavy atom. The van der Waals surface area contributed by atoms with E-state index in [0.717, 1.165) is 16.7 Å². The third-order valence-corrected chi connectivity index (χ3v) is 9.18. The van der Waals surface area contributed by atoms with Crippen LogP contribution in [0.2, 0.25) is 0 Å². The fraction of sp³-hybridized carbons (Fsp3) is 0.394. The predicted octanol–water partition coefficient (Wildman–Crippen LogP) is 4.74. The van der Waals surface area contributed by atoms with E-state index in [9.17, 15) is 28.2 Å². The van der Waals surface area contributed by atoms with Crippen LogP contribution in [0.25, 0.3) is 16.8 Å².